The minimum Gasteiger partial charge on any atom is -0.245 e. The number of hydrogen-bond acceptors (Lipinski definition) is 4. The monoisotopic (exact) mass is 338 g/mol. The van der Waals surface area contributed by atoms with Crippen molar-refractivity contribution in [2.75, 3.05) is 19.3 Å². The fraction of sp³-hybridized carbons (Fsp3) is 0.700. The van der Waals surface area contributed by atoms with E-state index in [9.17, 15) is 8.42 Å². The Morgan fingerprint density at radius 3 is 2.76 bits per heavy atom. The molecular weight excluding hydrogens is 324 g/mol. The number of aromatic nitrogens is 1. The highest BCUT2D eigenvalue weighted by Crippen LogP contribution is 2.34. The molecule has 96 valence electrons. The summed E-state index contributed by atoms with van der Waals surface area (Å²) in [6, 6.07) is 0. The molecule has 17 heavy (non-hydrogen) atoms. The fourth-order valence-corrected chi connectivity index (χ4v) is 4.43. The molecule has 1 aliphatic rings. The summed E-state index contributed by atoms with van der Waals surface area (Å²) in [7, 11) is -3.07. The van der Waals surface area contributed by atoms with Gasteiger partial charge in [-0.1, -0.05) is 0 Å². The number of sulfonamides is 1. The summed E-state index contributed by atoms with van der Waals surface area (Å²) in [5.41, 5.74) is 0.987. The lowest BCUT2D eigenvalue weighted by Crippen LogP contribution is -2.38. The Morgan fingerprint density at radius 1 is 1.53 bits per heavy atom. The van der Waals surface area contributed by atoms with Crippen LogP contribution in [0.5, 0.6) is 0 Å². The van der Waals surface area contributed by atoms with Gasteiger partial charge >= 0.3 is 0 Å². The highest BCUT2D eigenvalue weighted by atomic mass is 79.9. The number of rotatable bonds is 2. The predicted octanol–water partition coefficient (Wildman–Crippen LogP) is 2.35. The van der Waals surface area contributed by atoms with Gasteiger partial charge in [0.15, 0.2) is 0 Å². The van der Waals surface area contributed by atoms with E-state index in [0.29, 0.717) is 13.1 Å². The van der Waals surface area contributed by atoms with E-state index in [1.54, 1.807) is 15.6 Å². The highest BCUT2D eigenvalue weighted by molar-refractivity contribution is 9.11. The van der Waals surface area contributed by atoms with Crippen LogP contribution < -0.4 is 0 Å². The van der Waals surface area contributed by atoms with Crippen molar-refractivity contribution in [2.24, 2.45) is 0 Å². The van der Waals surface area contributed by atoms with Crippen LogP contribution in [0.3, 0.4) is 0 Å². The average Bonchev–Trinajstić information content (AvgIpc) is 2.58. The molecule has 4 nitrogen and oxygen atoms in total. The van der Waals surface area contributed by atoms with E-state index >= 15 is 0 Å². The molecule has 0 aromatic carbocycles. The van der Waals surface area contributed by atoms with E-state index in [1.807, 2.05) is 6.92 Å². The van der Waals surface area contributed by atoms with Gasteiger partial charge in [-0.3, -0.25) is 0 Å². The molecule has 0 radical (unpaired) electrons. The Bertz CT molecular complexity index is 493. The topological polar surface area (TPSA) is 50.3 Å². The van der Waals surface area contributed by atoms with E-state index in [4.69, 9.17) is 0 Å². The summed E-state index contributed by atoms with van der Waals surface area (Å²) in [6.45, 7) is 3.17. The number of hydrogen-bond donors (Lipinski definition) is 0. The second kappa shape index (κ2) is 4.95. The molecule has 0 bridgehead atoms. The highest BCUT2D eigenvalue weighted by Gasteiger charge is 2.28. The number of nitrogens with zero attached hydrogens (tertiary/aromatic N) is 2. The maximum atomic E-state index is 11.5. The Hall–Kier alpha value is 0.0200. The third kappa shape index (κ3) is 3.07. The van der Waals surface area contributed by atoms with Crippen LogP contribution in [0.1, 0.15) is 29.5 Å². The lowest BCUT2D eigenvalue weighted by molar-refractivity contribution is 0.317. The molecule has 1 aliphatic heterocycles. The van der Waals surface area contributed by atoms with Crippen molar-refractivity contribution in [3.05, 3.63) is 14.5 Å². The van der Waals surface area contributed by atoms with Gasteiger partial charge in [0.2, 0.25) is 10.0 Å². The van der Waals surface area contributed by atoms with Crippen LogP contribution in [0, 0.1) is 6.92 Å². The smallest absolute Gasteiger partial charge is 0.211 e. The van der Waals surface area contributed by atoms with E-state index in [1.165, 1.54) is 6.26 Å². The SMILES string of the molecule is Cc1nc([C@@H]2CCCN(S(C)(=O)=O)C2)sc1Br. The molecule has 1 fully saturated rings. The van der Waals surface area contributed by atoms with Gasteiger partial charge in [0.05, 0.1) is 20.7 Å². The number of piperidine rings is 1. The Morgan fingerprint density at radius 2 is 2.24 bits per heavy atom. The second-order valence-corrected chi connectivity index (χ2v) is 8.70. The molecular formula is C10H15BrN2O2S2. The van der Waals surface area contributed by atoms with E-state index < -0.39 is 10.0 Å². The molecule has 1 atom stereocenters. The van der Waals surface area contributed by atoms with Crippen molar-refractivity contribution in [1.29, 1.82) is 0 Å². The predicted molar refractivity (Wildman–Crippen MR) is 72.9 cm³/mol. The average molecular weight is 339 g/mol. The molecule has 0 unspecified atom stereocenters. The summed E-state index contributed by atoms with van der Waals surface area (Å²) >= 11 is 5.08. The molecule has 0 spiro atoms. The molecule has 0 aliphatic carbocycles. The van der Waals surface area contributed by atoms with Gasteiger partial charge in [0, 0.05) is 19.0 Å². The zero-order valence-electron chi connectivity index (χ0n) is 9.81. The Kier molecular flexibility index (Phi) is 3.92. The third-order valence-electron chi connectivity index (χ3n) is 2.96. The summed E-state index contributed by atoms with van der Waals surface area (Å²) in [4.78, 5) is 4.50. The van der Waals surface area contributed by atoms with Crippen LogP contribution in [0.2, 0.25) is 0 Å². The van der Waals surface area contributed by atoms with Gasteiger partial charge in [-0.25, -0.2) is 17.7 Å². The summed E-state index contributed by atoms with van der Waals surface area (Å²) in [5, 5.41) is 1.04. The van der Waals surface area contributed by atoms with Crippen LogP contribution in [-0.4, -0.2) is 37.1 Å². The maximum absolute atomic E-state index is 11.5. The van der Waals surface area contributed by atoms with Crippen LogP contribution >= 0.6 is 27.3 Å². The molecule has 1 saturated heterocycles. The van der Waals surface area contributed by atoms with Gasteiger partial charge in [0.25, 0.3) is 0 Å². The zero-order chi connectivity index (χ0) is 12.6. The lowest BCUT2D eigenvalue weighted by atomic mass is 10.0. The summed E-state index contributed by atoms with van der Waals surface area (Å²) in [6.07, 6.45) is 3.21. The third-order valence-corrected chi connectivity index (χ3v) is 6.40. The van der Waals surface area contributed by atoms with E-state index in [-0.39, 0.29) is 5.92 Å². The van der Waals surface area contributed by atoms with Crippen molar-refractivity contribution >= 4 is 37.3 Å². The van der Waals surface area contributed by atoms with E-state index in [2.05, 4.69) is 20.9 Å². The first-order valence-electron chi connectivity index (χ1n) is 5.46. The Labute approximate surface area is 114 Å². The largest absolute Gasteiger partial charge is 0.245 e. The van der Waals surface area contributed by atoms with Crippen LogP contribution in [0.4, 0.5) is 0 Å². The first-order valence-corrected chi connectivity index (χ1v) is 8.91. The first kappa shape index (κ1) is 13.5. The van der Waals surface area contributed by atoms with Crippen LogP contribution in [-0.2, 0) is 10.0 Å². The van der Waals surface area contributed by atoms with Gasteiger partial charge in [-0.15, -0.1) is 11.3 Å². The van der Waals surface area contributed by atoms with Crippen molar-refractivity contribution in [1.82, 2.24) is 9.29 Å². The zero-order valence-corrected chi connectivity index (χ0v) is 13.0. The molecule has 2 heterocycles. The fourth-order valence-electron chi connectivity index (χ4n) is 2.02. The number of thiazole rings is 1. The van der Waals surface area contributed by atoms with Gasteiger partial charge in [-0.05, 0) is 35.7 Å². The lowest BCUT2D eigenvalue weighted by Gasteiger charge is -2.29. The van der Waals surface area contributed by atoms with Crippen molar-refractivity contribution in [3.63, 3.8) is 0 Å². The molecule has 0 amide bonds. The van der Waals surface area contributed by atoms with Crippen molar-refractivity contribution in [3.8, 4) is 0 Å². The Balaban J connectivity index is 2.18. The van der Waals surface area contributed by atoms with Gasteiger partial charge < -0.3 is 0 Å². The molecule has 7 heteroatoms. The molecule has 1 aromatic rings. The first-order chi connectivity index (χ1) is 7.88. The molecule has 0 saturated carbocycles. The molecule has 0 N–H and O–H groups in total. The quantitative estimate of drug-likeness (QED) is 0.831. The maximum Gasteiger partial charge on any atom is 0.211 e. The minimum absolute atomic E-state index is 0.244. The second-order valence-electron chi connectivity index (χ2n) is 4.37. The number of halogens is 1. The van der Waals surface area contributed by atoms with E-state index in [0.717, 1.165) is 27.3 Å². The van der Waals surface area contributed by atoms with Crippen molar-refractivity contribution < 1.29 is 8.42 Å². The van der Waals surface area contributed by atoms with Crippen LogP contribution in [0.25, 0.3) is 0 Å². The number of aryl methyl sites for hydroxylation is 1. The molecule has 2 rings (SSSR count). The minimum atomic E-state index is -3.07. The standard InChI is InChI=1S/C10H15BrN2O2S2/c1-7-9(11)16-10(12-7)8-4-3-5-13(6-8)17(2,14)15/h8H,3-6H2,1-2H3/t8-/m1/s1. The van der Waals surface area contributed by atoms with Gasteiger partial charge in [-0.2, -0.15) is 0 Å². The summed E-state index contributed by atoms with van der Waals surface area (Å²) in [5.74, 6) is 0.244. The molecule has 1 aromatic heterocycles. The van der Waals surface area contributed by atoms with Crippen LogP contribution in [0.15, 0.2) is 3.79 Å². The summed E-state index contributed by atoms with van der Waals surface area (Å²) < 4.78 is 25.7. The van der Waals surface area contributed by atoms with Gasteiger partial charge in [0.1, 0.15) is 0 Å². The van der Waals surface area contributed by atoms with Crippen molar-refractivity contribution in [2.45, 2.75) is 25.7 Å². The normalized spacial score (nSPS) is 22.9.